The van der Waals surface area contributed by atoms with E-state index in [9.17, 15) is 9.59 Å². The third-order valence-corrected chi connectivity index (χ3v) is 3.79. The lowest BCUT2D eigenvalue weighted by molar-refractivity contribution is 0.0520. The highest BCUT2D eigenvalue weighted by molar-refractivity contribution is 9.10. The van der Waals surface area contributed by atoms with Crippen LogP contribution in [0.3, 0.4) is 0 Å². The highest BCUT2D eigenvalue weighted by atomic mass is 79.9. The summed E-state index contributed by atoms with van der Waals surface area (Å²) in [5, 5.41) is 5.45. The van der Waals surface area contributed by atoms with Crippen molar-refractivity contribution < 1.29 is 19.1 Å². The molecule has 0 spiro atoms. The van der Waals surface area contributed by atoms with E-state index in [1.54, 1.807) is 57.2 Å². The summed E-state index contributed by atoms with van der Waals surface area (Å²) < 4.78 is 11.6. The quantitative estimate of drug-likeness (QED) is 0.650. The number of anilines is 1. The number of halogens is 1. The van der Waals surface area contributed by atoms with Gasteiger partial charge in [0.25, 0.3) is 5.91 Å². The number of hydrogen-bond donors (Lipinski definition) is 2. The molecule has 144 valence electrons. The summed E-state index contributed by atoms with van der Waals surface area (Å²) in [6.07, 6.45) is -0.475. The second kappa shape index (κ2) is 9.41. The molecule has 0 atom stereocenters. The van der Waals surface area contributed by atoms with Crippen LogP contribution in [0.25, 0.3) is 0 Å². The maximum Gasteiger partial charge on any atom is 0.407 e. The van der Waals surface area contributed by atoms with E-state index in [0.717, 1.165) is 4.47 Å². The molecule has 7 heteroatoms. The lowest BCUT2D eigenvalue weighted by Gasteiger charge is -2.19. The molecule has 6 nitrogen and oxygen atoms in total. The van der Waals surface area contributed by atoms with Crippen molar-refractivity contribution in [3.8, 4) is 5.75 Å². The van der Waals surface area contributed by atoms with Crippen LogP contribution in [0, 0.1) is 0 Å². The van der Waals surface area contributed by atoms with Crippen LogP contribution >= 0.6 is 15.9 Å². The van der Waals surface area contributed by atoms with Crippen LogP contribution in [0.15, 0.2) is 53.0 Å². The fraction of sp³-hybridized carbons (Fsp3) is 0.300. The monoisotopic (exact) mass is 434 g/mol. The molecule has 2 aromatic rings. The third kappa shape index (κ3) is 7.70. The average Bonchev–Trinajstić information content (AvgIpc) is 2.59. The SMILES string of the molecule is CC(C)(C)OC(=O)NCCOc1ccc(NC(=O)c2ccc(Br)cc2)cc1. The van der Waals surface area contributed by atoms with Crippen LogP contribution in [0.1, 0.15) is 31.1 Å². The van der Waals surface area contributed by atoms with E-state index in [1.807, 2.05) is 12.1 Å². The zero-order chi connectivity index (χ0) is 19.9. The molecule has 0 unspecified atom stereocenters. The van der Waals surface area contributed by atoms with Gasteiger partial charge in [-0.25, -0.2) is 4.79 Å². The molecule has 0 saturated heterocycles. The molecular weight excluding hydrogens is 412 g/mol. The Labute approximate surface area is 167 Å². The molecule has 2 N–H and O–H groups in total. The highest BCUT2D eigenvalue weighted by Gasteiger charge is 2.15. The summed E-state index contributed by atoms with van der Waals surface area (Å²) in [5.41, 5.74) is 0.718. The average molecular weight is 435 g/mol. The van der Waals surface area contributed by atoms with Crippen LogP contribution in [0.2, 0.25) is 0 Å². The minimum atomic E-state index is -0.526. The molecule has 0 heterocycles. The molecule has 2 amide bonds. The summed E-state index contributed by atoms with van der Waals surface area (Å²) in [7, 11) is 0. The van der Waals surface area contributed by atoms with Gasteiger partial charge < -0.3 is 20.1 Å². The third-order valence-electron chi connectivity index (χ3n) is 3.26. The molecule has 2 rings (SSSR count). The van der Waals surface area contributed by atoms with E-state index in [2.05, 4.69) is 26.6 Å². The molecule has 0 saturated carbocycles. The topological polar surface area (TPSA) is 76.7 Å². The Morgan fingerprint density at radius 1 is 1.00 bits per heavy atom. The molecule has 0 aliphatic carbocycles. The zero-order valence-electron chi connectivity index (χ0n) is 15.5. The van der Waals surface area contributed by atoms with Gasteiger partial charge >= 0.3 is 6.09 Å². The molecule has 0 bridgehead atoms. The van der Waals surface area contributed by atoms with Gasteiger partial charge in [0.05, 0.1) is 6.54 Å². The molecule has 0 fully saturated rings. The number of hydrogen-bond acceptors (Lipinski definition) is 4. The van der Waals surface area contributed by atoms with Crippen molar-refractivity contribution in [2.45, 2.75) is 26.4 Å². The van der Waals surface area contributed by atoms with Crippen LogP contribution in [0.4, 0.5) is 10.5 Å². The first kappa shape index (κ1) is 20.8. The number of carbonyl (C=O) groups is 2. The van der Waals surface area contributed by atoms with E-state index in [1.165, 1.54) is 0 Å². The molecule has 0 aliphatic heterocycles. The smallest absolute Gasteiger partial charge is 0.407 e. The van der Waals surface area contributed by atoms with Gasteiger partial charge in [-0.05, 0) is 69.3 Å². The van der Waals surface area contributed by atoms with Crippen LogP contribution in [-0.4, -0.2) is 30.8 Å². The predicted octanol–water partition coefficient (Wildman–Crippen LogP) is 4.60. The second-order valence-electron chi connectivity index (χ2n) is 6.76. The van der Waals surface area contributed by atoms with Crippen molar-refractivity contribution in [2.75, 3.05) is 18.5 Å². The van der Waals surface area contributed by atoms with Crippen molar-refractivity contribution in [1.29, 1.82) is 0 Å². The van der Waals surface area contributed by atoms with Gasteiger partial charge in [-0.3, -0.25) is 4.79 Å². The zero-order valence-corrected chi connectivity index (χ0v) is 17.1. The van der Waals surface area contributed by atoms with Gasteiger partial charge in [0.1, 0.15) is 18.0 Å². The number of nitrogens with one attached hydrogen (secondary N) is 2. The lowest BCUT2D eigenvalue weighted by Crippen LogP contribution is -2.34. The second-order valence-corrected chi connectivity index (χ2v) is 7.68. The molecule has 0 aliphatic rings. The normalized spacial score (nSPS) is 10.8. The van der Waals surface area contributed by atoms with Crippen molar-refractivity contribution in [3.63, 3.8) is 0 Å². The number of amides is 2. The number of alkyl carbamates (subject to hydrolysis) is 1. The Balaban J connectivity index is 1.75. The summed E-state index contributed by atoms with van der Waals surface area (Å²) in [6.45, 7) is 6.06. The first-order valence-electron chi connectivity index (χ1n) is 8.49. The predicted molar refractivity (Wildman–Crippen MR) is 108 cm³/mol. The Hall–Kier alpha value is -2.54. The molecule has 2 aromatic carbocycles. The van der Waals surface area contributed by atoms with Crippen molar-refractivity contribution >= 4 is 33.6 Å². The lowest BCUT2D eigenvalue weighted by atomic mass is 10.2. The Kier molecular flexibility index (Phi) is 7.24. The maximum atomic E-state index is 12.2. The van der Waals surface area contributed by atoms with Crippen LogP contribution in [-0.2, 0) is 4.74 Å². The van der Waals surface area contributed by atoms with Crippen molar-refractivity contribution in [3.05, 3.63) is 58.6 Å². The van der Waals surface area contributed by atoms with Crippen molar-refractivity contribution in [2.24, 2.45) is 0 Å². The summed E-state index contributed by atoms with van der Waals surface area (Å²) in [5.74, 6) is 0.459. The van der Waals surface area contributed by atoms with Crippen molar-refractivity contribution in [1.82, 2.24) is 5.32 Å². The van der Waals surface area contributed by atoms with Crippen LogP contribution in [0.5, 0.6) is 5.75 Å². The molecule has 0 aromatic heterocycles. The first-order chi connectivity index (χ1) is 12.7. The number of benzene rings is 2. The standard InChI is InChI=1S/C20H23BrN2O4/c1-20(2,3)27-19(25)22-12-13-26-17-10-8-16(9-11-17)23-18(24)14-4-6-15(21)7-5-14/h4-11H,12-13H2,1-3H3,(H,22,25)(H,23,24). The summed E-state index contributed by atoms with van der Waals surface area (Å²) in [6, 6.07) is 14.1. The summed E-state index contributed by atoms with van der Waals surface area (Å²) in [4.78, 5) is 23.7. The maximum absolute atomic E-state index is 12.2. The highest BCUT2D eigenvalue weighted by Crippen LogP contribution is 2.17. The fourth-order valence-electron chi connectivity index (χ4n) is 2.08. The Morgan fingerprint density at radius 2 is 1.63 bits per heavy atom. The molecular formula is C20H23BrN2O4. The fourth-order valence-corrected chi connectivity index (χ4v) is 2.34. The van der Waals surface area contributed by atoms with E-state index in [4.69, 9.17) is 9.47 Å². The Morgan fingerprint density at radius 3 is 2.22 bits per heavy atom. The van der Waals surface area contributed by atoms with Gasteiger partial charge in [-0.1, -0.05) is 15.9 Å². The van der Waals surface area contributed by atoms with Gasteiger partial charge in [0.2, 0.25) is 0 Å². The largest absolute Gasteiger partial charge is 0.492 e. The van der Waals surface area contributed by atoms with Gasteiger partial charge in [0.15, 0.2) is 0 Å². The van der Waals surface area contributed by atoms with Crippen LogP contribution < -0.4 is 15.4 Å². The summed E-state index contributed by atoms with van der Waals surface area (Å²) >= 11 is 3.34. The van der Waals surface area contributed by atoms with E-state index in [-0.39, 0.29) is 5.91 Å². The van der Waals surface area contributed by atoms with Gasteiger partial charge in [-0.15, -0.1) is 0 Å². The van der Waals surface area contributed by atoms with Gasteiger partial charge in [-0.2, -0.15) is 0 Å². The Bertz CT molecular complexity index is 768. The van der Waals surface area contributed by atoms with Gasteiger partial charge in [0, 0.05) is 15.7 Å². The minimum absolute atomic E-state index is 0.183. The van der Waals surface area contributed by atoms with E-state index < -0.39 is 11.7 Å². The first-order valence-corrected chi connectivity index (χ1v) is 9.29. The number of rotatable bonds is 6. The van der Waals surface area contributed by atoms with E-state index >= 15 is 0 Å². The minimum Gasteiger partial charge on any atom is -0.492 e. The number of ether oxygens (including phenoxy) is 2. The van der Waals surface area contributed by atoms with E-state index in [0.29, 0.717) is 30.2 Å². The molecule has 27 heavy (non-hydrogen) atoms. The number of carbonyl (C=O) groups excluding carboxylic acids is 2. The molecule has 0 radical (unpaired) electrons.